The van der Waals surface area contributed by atoms with Crippen LogP contribution in [0.4, 0.5) is 11.4 Å². The molecule has 0 radical (unpaired) electrons. The van der Waals surface area contributed by atoms with Crippen molar-refractivity contribution in [2.75, 3.05) is 42.2 Å². The Balaban J connectivity index is 1.71. The van der Waals surface area contributed by atoms with Gasteiger partial charge in [-0.05, 0) is 31.2 Å². The van der Waals surface area contributed by atoms with Crippen molar-refractivity contribution in [3.63, 3.8) is 0 Å². The third-order valence-electron chi connectivity index (χ3n) is 3.44. The van der Waals surface area contributed by atoms with E-state index in [2.05, 4.69) is 10.2 Å². The van der Waals surface area contributed by atoms with Crippen LogP contribution in [-0.2, 0) is 15.6 Å². The van der Waals surface area contributed by atoms with Crippen LogP contribution >= 0.6 is 11.6 Å². The molecule has 1 aliphatic rings. The average molecular weight is 330 g/mol. The molecule has 5 nitrogen and oxygen atoms in total. The molecule has 0 saturated carbocycles. The maximum absolute atomic E-state index is 11.9. The lowest BCUT2D eigenvalue weighted by Gasteiger charge is -2.25. The van der Waals surface area contributed by atoms with Gasteiger partial charge >= 0.3 is 0 Å². The molecule has 3 N–H and O–H groups in total. The van der Waals surface area contributed by atoms with Gasteiger partial charge in [0.05, 0.1) is 11.4 Å². The Hall–Kier alpha value is -1.11. The zero-order valence-electron chi connectivity index (χ0n) is 11.8. The lowest BCUT2D eigenvalue weighted by molar-refractivity contribution is -0.116. The van der Waals surface area contributed by atoms with Crippen LogP contribution in [0.1, 0.15) is 12.8 Å². The van der Waals surface area contributed by atoms with Crippen LogP contribution in [0.3, 0.4) is 0 Å². The smallest absolute Gasteiger partial charge is 0.224 e. The molecule has 0 aliphatic carbocycles. The predicted molar refractivity (Wildman–Crippen MR) is 88.0 cm³/mol. The lowest BCUT2D eigenvalue weighted by Crippen LogP contribution is -2.38. The summed E-state index contributed by atoms with van der Waals surface area (Å²) in [5.74, 6) is 1.44. The van der Waals surface area contributed by atoms with Crippen LogP contribution in [0.5, 0.6) is 0 Å². The van der Waals surface area contributed by atoms with E-state index in [1.807, 2.05) is 0 Å². The Bertz CT molecular complexity index is 529. The van der Waals surface area contributed by atoms with Crippen LogP contribution in [0.2, 0.25) is 5.02 Å². The minimum Gasteiger partial charge on any atom is -0.397 e. The molecule has 2 rings (SSSR count). The monoisotopic (exact) mass is 329 g/mol. The van der Waals surface area contributed by atoms with E-state index in [0.29, 0.717) is 22.8 Å². The molecule has 0 spiro atoms. The highest BCUT2D eigenvalue weighted by atomic mass is 35.5. The van der Waals surface area contributed by atoms with E-state index in [4.69, 9.17) is 17.3 Å². The number of hydrogen-bond donors (Lipinski definition) is 2. The van der Waals surface area contributed by atoms with E-state index in [1.54, 1.807) is 18.2 Å². The first-order valence-corrected chi connectivity index (χ1v) is 8.83. The van der Waals surface area contributed by atoms with Gasteiger partial charge in [0.1, 0.15) is 0 Å². The summed E-state index contributed by atoms with van der Waals surface area (Å²) in [4.78, 5) is 14.1. The summed E-state index contributed by atoms with van der Waals surface area (Å²) < 4.78 is 11.2. The highest BCUT2D eigenvalue weighted by Gasteiger charge is 2.15. The lowest BCUT2D eigenvalue weighted by atomic mass is 10.2. The first kappa shape index (κ1) is 16.3. The van der Waals surface area contributed by atoms with Gasteiger partial charge in [-0.1, -0.05) is 11.6 Å². The number of amides is 1. The predicted octanol–water partition coefficient (Wildman–Crippen LogP) is 1.71. The van der Waals surface area contributed by atoms with Crippen molar-refractivity contribution >= 4 is 39.7 Å². The van der Waals surface area contributed by atoms with Crippen molar-refractivity contribution < 1.29 is 9.00 Å². The average Bonchev–Trinajstić information content (AvgIpc) is 2.44. The molecule has 1 aromatic rings. The van der Waals surface area contributed by atoms with Crippen molar-refractivity contribution in [2.24, 2.45) is 0 Å². The number of nitrogens with two attached hydrogens (primary N) is 1. The molecule has 1 aromatic carbocycles. The first-order valence-electron chi connectivity index (χ1n) is 6.97. The minimum absolute atomic E-state index is 0.0513. The molecule has 1 aliphatic heterocycles. The van der Waals surface area contributed by atoms with Crippen LogP contribution in [0, 0.1) is 0 Å². The van der Waals surface area contributed by atoms with Gasteiger partial charge in [-0.3, -0.25) is 9.00 Å². The number of nitrogens with one attached hydrogen (secondary N) is 1. The zero-order chi connectivity index (χ0) is 15.2. The maximum Gasteiger partial charge on any atom is 0.224 e. The van der Waals surface area contributed by atoms with E-state index < -0.39 is 10.8 Å². The number of carbonyl (C=O) groups excluding carboxylic acids is 1. The van der Waals surface area contributed by atoms with Gasteiger partial charge < -0.3 is 16.0 Å². The second-order valence-corrected chi connectivity index (χ2v) is 7.21. The summed E-state index contributed by atoms with van der Waals surface area (Å²) in [6.45, 7) is 2.58. The molecule has 0 atom stereocenters. The molecule has 21 heavy (non-hydrogen) atoms. The van der Waals surface area contributed by atoms with Crippen molar-refractivity contribution in [1.29, 1.82) is 0 Å². The van der Waals surface area contributed by atoms with E-state index >= 15 is 0 Å². The minimum atomic E-state index is -0.652. The summed E-state index contributed by atoms with van der Waals surface area (Å²) in [6.07, 6.45) is 1.23. The summed E-state index contributed by atoms with van der Waals surface area (Å²) in [6, 6.07) is 5.02. The Labute approximate surface area is 132 Å². The molecule has 1 heterocycles. The number of anilines is 2. The van der Waals surface area contributed by atoms with Crippen molar-refractivity contribution in [3.05, 3.63) is 23.2 Å². The van der Waals surface area contributed by atoms with Gasteiger partial charge in [0.25, 0.3) is 0 Å². The Morgan fingerprint density at radius 3 is 2.76 bits per heavy atom. The fraction of sp³-hybridized carbons (Fsp3) is 0.500. The normalized spacial score (nSPS) is 16.8. The molecule has 0 bridgehead atoms. The Morgan fingerprint density at radius 2 is 2.10 bits per heavy atom. The number of halogens is 1. The molecule has 1 saturated heterocycles. The molecular formula is C14H20ClN3O2S. The van der Waals surface area contributed by atoms with Gasteiger partial charge in [0, 0.05) is 46.8 Å². The summed E-state index contributed by atoms with van der Waals surface area (Å²) in [7, 11) is -0.652. The highest BCUT2D eigenvalue weighted by Crippen LogP contribution is 2.22. The fourth-order valence-electron chi connectivity index (χ4n) is 2.22. The van der Waals surface area contributed by atoms with Crippen LogP contribution in [-0.4, -0.2) is 46.2 Å². The van der Waals surface area contributed by atoms with Gasteiger partial charge in [-0.15, -0.1) is 0 Å². The SMILES string of the molecule is Nc1cc(Cl)ccc1NC(=O)CCCN1CCS(=O)CC1. The second-order valence-electron chi connectivity index (χ2n) is 5.07. The first-order chi connectivity index (χ1) is 10.0. The standard InChI is InChI=1S/C14H20ClN3O2S/c15-11-3-4-13(12(16)10-11)17-14(19)2-1-5-18-6-8-21(20)9-7-18/h3-4,10H,1-2,5-9,16H2,(H,17,19). The quantitative estimate of drug-likeness (QED) is 0.806. The molecule has 7 heteroatoms. The van der Waals surface area contributed by atoms with E-state index in [-0.39, 0.29) is 5.91 Å². The third-order valence-corrected chi connectivity index (χ3v) is 4.95. The number of nitrogen functional groups attached to an aromatic ring is 1. The molecule has 1 amide bonds. The Kier molecular flexibility index (Phi) is 6.02. The van der Waals surface area contributed by atoms with Crippen molar-refractivity contribution in [2.45, 2.75) is 12.8 Å². The molecule has 0 aromatic heterocycles. The van der Waals surface area contributed by atoms with Crippen molar-refractivity contribution in [1.82, 2.24) is 4.90 Å². The molecule has 116 valence electrons. The largest absolute Gasteiger partial charge is 0.397 e. The van der Waals surface area contributed by atoms with Crippen LogP contribution in [0.15, 0.2) is 18.2 Å². The van der Waals surface area contributed by atoms with Gasteiger partial charge in [0.15, 0.2) is 0 Å². The van der Waals surface area contributed by atoms with E-state index in [9.17, 15) is 9.00 Å². The van der Waals surface area contributed by atoms with E-state index in [1.165, 1.54) is 0 Å². The number of hydrogen-bond acceptors (Lipinski definition) is 4. The number of carbonyl (C=O) groups is 1. The highest BCUT2D eigenvalue weighted by molar-refractivity contribution is 7.85. The zero-order valence-corrected chi connectivity index (χ0v) is 13.4. The molecule has 1 fully saturated rings. The Morgan fingerprint density at radius 1 is 1.38 bits per heavy atom. The summed E-state index contributed by atoms with van der Waals surface area (Å²) in [5, 5.41) is 3.34. The number of benzene rings is 1. The topological polar surface area (TPSA) is 75.4 Å². The van der Waals surface area contributed by atoms with Gasteiger partial charge in [-0.2, -0.15) is 0 Å². The van der Waals surface area contributed by atoms with Crippen molar-refractivity contribution in [3.8, 4) is 0 Å². The van der Waals surface area contributed by atoms with Gasteiger partial charge in [-0.25, -0.2) is 0 Å². The third kappa shape index (κ3) is 5.30. The van der Waals surface area contributed by atoms with E-state index in [0.717, 1.165) is 37.6 Å². The summed E-state index contributed by atoms with van der Waals surface area (Å²) >= 11 is 5.81. The molecule has 0 unspecified atom stereocenters. The molecular weight excluding hydrogens is 310 g/mol. The maximum atomic E-state index is 11.9. The van der Waals surface area contributed by atoms with Gasteiger partial charge in [0.2, 0.25) is 5.91 Å². The summed E-state index contributed by atoms with van der Waals surface area (Å²) in [5.41, 5.74) is 6.85. The van der Waals surface area contributed by atoms with Crippen LogP contribution in [0.25, 0.3) is 0 Å². The number of nitrogens with zero attached hydrogens (tertiary/aromatic N) is 1. The van der Waals surface area contributed by atoms with Crippen LogP contribution < -0.4 is 11.1 Å². The number of rotatable bonds is 5. The fourth-order valence-corrected chi connectivity index (χ4v) is 3.53. The second kappa shape index (κ2) is 7.77.